The summed E-state index contributed by atoms with van der Waals surface area (Å²) in [6.45, 7) is 2.25. The molecule has 0 spiro atoms. The lowest BCUT2D eigenvalue weighted by Gasteiger charge is -2.13. The average Bonchev–Trinajstić information content (AvgIpc) is 2.78. The number of hydrogen-bond donors (Lipinski definition) is 0. The fourth-order valence-electron chi connectivity index (χ4n) is 1.89. The number of hydrogen-bond acceptors (Lipinski definition) is 5. The number of thioether (sulfide) groups is 1. The molecule has 0 aromatic heterocycles. The summed E-state index contributed by atoms with van der Waals surface area (Å²) < 4.78 is 10.1. The molecule has 0 aromatic rings. The molecule has 2 rings (SSSR count). The smallest absolute Gasteiger partial charge is 0.306 e. The van der Waals surface area contributed by atoms with Crippen molar-refractivity contribution in [3.63, 3.8) is 0 Å². The third kappa shape index (κ3) is 3.16. The van der Waals surface area contributed by atoms with Crippen LogP contribution in [0.2, 0.25) is 0 Å². The second-order valence-electron chi connectivity index (χ2n) is 4.04. The maximum Gasteiger partial charge on any atom is 0.306 e. The summed E-state index contributed by atoms with van der Waals surface area (Å²) in [5.74, 6) is 0.746. The zero-order valence-electron chi connectivity index (χ0n) is 10.6. The Balaban J connectivity index is 1.86. The largest absolute Gasteiger partial charge is 0.497 e. The first-order chi connectivity index (χ1) is 8.72. The van der Waals surface area contributed by atoms with Crippen molar-refractivity contribution < 1.29 is 14.3 Å². The van der Waals surface area contributed by atoms with Gasteiger partial charge in [-0.2, -0.15) is 0 Å². The van der Waals surface area contributed by atoms with Crippen LogP contribution in [0.15, 0.2) is 27.8 Å². The van der Waals surface area contributed by atoms with E-state index in [1.807, 2.05) is 19.1 Å². The summed E-state index contributed by atoms with van der Waals surface area (Å²) in [5, 5.41) is 1.02. The molecule has 1 heterocycles. The molecule has 1 atom stereocenters. The van der Waals surface area contributed by atoms with Gasteiger partial charge in [0, 0.05) is 11.3 Å². The maximum absolute atomic E-state index is 11.3. The predicted octanol–water partition coefficient (Wildman–Crippen LogP) is 2.66. The summed E-state index contributed by atoms with van der Waals surface area (Å²) in [5.41, 5.74) is 0. The van der Waals surface area contributed by atoms with Crippen LogP contribution < -0.4 is 0 Å². The fourth-order valence-corrected chi connectivity index (χ4v) is 3.01. The maximum atomic E-state index is 11.3. The van der Waals surface area contributed by atoms with Crippen molar-refractivity contribution in [2.75, 3.05) is 13.7 Å². The number of carbonyl (C=O) groups is 1. The highest BCUT2D eigenvalue weighted by Gasteiger charge is 2.26. The number of rotatable bonds is 5. The van der Waals surface area contributed by atoms with Crippen molar-refractivity contribution in [2.24, 2.45) is 4.99 Å². The van der Waals surface area contributed by atoms with Gasteiger partial charge in [0.15, 0.2) is 0 Å². The highest BCUT2D eigenvalue weighted by Crippen LogP contribution is 2.38. The van der Waals surface area contributed by atoms with Gasteiger partial charge in [0.1, 0.15) is 5.76 Å². The number of ether oxygens (including phenoxy) is 2. The minimum absolute atomic E-state index is 0.152. The lowest BCUT2D eigenvalue weighted by atomic mass is 10.1. The van der Waals surface area contributed by atoms with Crippen molar-refractivity contribution >= 4 is 22.8 Å². The number of aliphatic imine (C=N–C) groups is 1. The van der Waals surface area contributed by atoms with Gasteiger partial charge in [-0.25, -0.2) is 0 Å². The Bertz CT molecular complexity index is 426. The lowest BCUT2D eigenvalue weighted by Crippen LogP contribution is -2.06. The number of fused-ring (bicyclic) bond motifs is 1. The lowest BCUT2D eigenvalue weighted by molar-refractivity contribution is -0.142. The fraction of sp³-hybridized carbons (Fsp3) is 0.538. The van der Waals surface area contributed by atoms with E-state index in [9.17, 15) is 4.79 Å². The topological polar surface area (TPSA) is 47.9 Å². The van der Waals surface area contributed by atoms with E-state index in [4.69, 9.17) is 9.47 Å². The summed E-state index contributed by atoms with van der Waals surface area (Å²) in [4.78, 5) is 17.1. The van der Waals surface area contributed by atoms with E-state index in [2.05, 4.69) is 4.99 Å². The Morgan fingerprint density at radius 3 is 3.17 bits per heavy atom. The normalized spacial score (nSPS) is 21.7. The van der Waals surface area contributed by atoms with E-state index in [-0.39, 0.29) is 12.0 Å². The summed E-state index contributed by atoms with van der Waals surface area (Å²) in [6, 6.07) is 0.228. The molecule has 98 valence electrons. The molecule has 1 unspecified atom stereocenters. The van der Waals surface area contributed by atoms with Crippen molar-refractivity contribution in [2.45, 2.75) is 32.2 Å². The molecule has 1 aliphatic heterocycles. The van der Waals surface area contributed by atoms with Crippen LogP contribution in [-0.4, -0.2) is 30.8 Å². The number of allylic oxidation sites excluding steroid dienone is 1. The molecular formula is C13H17NO3S. The molecule has 0 amide bonds. The van der Waals surface area contributed by atoms with Crippen molar-refractivity contribution in [1.82, 2.24) is 0 Å². The van der Waals surface area contributed by atoms with Gasteiger partial charge in [0.05, 0.1) is 31.2 Å². The van der Waals surface area contributed by atoms with Crippen LogP contribution in [0.25, 0.3) is 0 Å². The third-order valence-electron chi connectivity index (χ3n) is 2.77. The van der Waals surface area contributed by atoms with E-state index < -0.39 is 0 Å². The summed E-state index contributed by atoms with van der Waals surface area (Å²) in [7, 11) is 1.67. The highest BCUT2D eigenvalue weighted by molar-refractivity contribution is 8.17. The van der Waals surface area contributed by atoms with Crippen molar-refractivity contribution in [3.8, 4) is 0 Å². The molecule has 0 fully saturated rings. The molecule has 0 saturated heterocycles. The van der Waals surface area contributed by atoms with Crippen LogP contribution in [0, 0.1) is 0 Å². The number of carbonyl (C=O) groups excluding carboxylic acids is 1. The van der Waals surface area contributed by atoms with Gasteiger partial charge in [-0.1, -0.05) is 11.8 Å². The molecule has 4 nitrogen and oxygen atoms in total. The van der Waals surface area contributed by atoms with E-state index in [1.54, 1.807) is 18.9 Å². The second kappa shape index (κ2) is 6.09. The molecule has 5 heteroatoms. The summed E-state index contributed by atoms with van der Waals surface area (Å²) in [6.07, 6.45) is 6.03. The molecule has 0 aromatic carbocycles. The molecule has 18 heavy (non-hydrogen) atoms. The van der Waals surface area contributed by atoms with Gasteiger partial charge < -0.3 is 9.47 Å². The Morgan fingerprint density at radius 2 is 2.44 bits per heavy atom. The minimum atomic E-state index is -0.152. The highest BCUT2D eigenvalue weighted by atomic mass is 32.2. The Hall–Kier alpha value is -1.23. The number of nitrogens with zero attached hydrogens (tertiary/aromatic N) is 1. The predicted molar refractivity (Wildman–Crippen MR) is 72.5 cm³/mol. The summed E-state index contributed by atoms with van der Waals surface area (Å²) >= 11 is 1.66. The molecule has 1 aliphatic carbocycles. The SMILES string of the molecule is CCOC(=O)CCC1=NC2CC=C(OC)C=C2S1. The van der Waals surface area contributed by atoms with E-state index in [0.717, 1.165) is 17.2 Å². The van der Waals surface area contributed by atoms with E-state index in [1.165, 1.54) is 4.91 Å². The third-order valence-corrected chi connectivity index (χ3v) is 3.95. The number of esters is 1. The van der Waals surface area contributed by atoms with E-state index in [0.29, 0.717) is 19.4 Å². The van der Waals surface area contributed by atoms with Crippen molar-refractivity contribution in [3.05, 3.63) is 22.8 Å². The first-order valence-electron chi connectivity index (χ1n) is 6.08. The Labute approximate surface area is 111 Å². The molecule has 0 bridgehead atoms. The van der Waals surface area contributed by atoms with Gasteiger partial charge in [-0.05, 0) is 25.5 Å². The molecule has 0 saturated carbocycles. The first kappa shape index (κ1) is 13.2. The monoisotopic (exact) mass is 267 g/mol. The average molecular weight is 267 g/mol. The zero-order chi connectivity index (χ0) is 13.0. The molecular weight excluding hydrogens is 250 g/mol. The molecule has 0 N–H and O–H groups in total. The van der Waals surface area contributed by atoms with Crippen molar-refractivity contribution in [1.29, 1.82) is 0 Å². The van der Waals surface area contributed by atoms with Crippen LogP contribution >= 0.6 is 11.8 Å². The van der Waals surface area contributed by atoms with Gasteiger partial charge in [0.2, 0.25) is 0 Å². The zero-order valence-corrected chi connectivity index (χ0v) is 11.5. The quantitative estimate of drug-likeness (QED) is 0.718. The molecule has 0 radical (unpaired) electrons. The van der Waals surface area contributed by atoms with Crippen LogP contribution in [-0.2, 0) is 14.3 Å². The van der Waals surface area contributed by atoms with Crippen LogP contribution in [0.5, 0.6) is 0 Å². The standard InChI is InChI=1S/C13H17NO3S/c1-3-17-13(15)7-6-12-14-10-5-4-9(16-2)8-11(10)18-12/h4,8,10H,3,5-7H2,1-2H3. The molecule has 2 aliphatic rings. The van der Waals surface area contributed by atoms with Gasteiger partial charge in [-0.3, -0.25) is 9.79 Å². The minimum Gasteiger partial charge on any atom is -0.497 e. The second-order valence-corrected chi connectivity index (χ2v) is 5.19. The van der Waals surface area contributed by atoms with Crippen LogP contribution in [0.4, 0.5) is 0 Å². The van der Waals surface area contributed by atoms with Gasteiger partial charge in [0.25, 0.3) is 0 Å². The Morgan fingerprint density at radius 1 is 1.61 bits per heavy atom. The van der Waals surface area contributed by atoms with Gasteiger partial charge in [-0.15, -0.1) is 0 Å². The van der Waals surface area contributed by atoms with Crippen LogP contribution in [0.1, 0.15) is 26.2 Å². The number of methoxy groups -OCH3 is 1. The Kier molecular flexibility index (Phi) is 4.47. The van der Waals surface area contributed by atoms with Gasteiger partial charge >= 0.3 is 5.97 Å². The van der Waals surface area contributed by atoms with Crippen LogP contribution in [0.3, 0.4) is 0 Å². The first-order valence-corrected chi connectivity index (χ1v) is 6.90. The van der Waals surface area contributed by atoms with E-state index >= 15 is 0 Å².